The van der Waals surface area contributed by atoms with Gasteiger partial charge in [0, 0.05) is 32.4 Å². The molecule has 1 aromatic heterocycles. The van der Waals surface area contributed by atoms with Gasteiger partial charge in [-0.2, -0.15) is 9.57 Å². The maximum absolute atomic E-state index is 13.0. The van der Waals surface area contributed by atoms with Gasteiger partial charge in [-0.15, -0.1) is 0 Å². The van der Waals surface area contributed by atoms with Crippen LogP contribution in [0.3, 0.4) is 0 Å². The van der Waals surface area contributed by atoms with E-state index in [1.807, 2.05) is 4.90 Å². The first kappa shape index (κ1) is 18.2. The van der Waals surface area contributed by atoms with Crippen molar-refractivity contribution in [2.24, 2.45) is 0 Å². The smallest absolute Gasteiger partial charge is 0.243 e. The van der Waals surface area contributed by atoms with Gasteiger partial charge in [-0.3, -0.25) is 0 Å². The molecule has 0 amide bonds. The van der Waals surface area contributed by atoms with E-state index >= 15 is 0 Å². The van der Waals surface area contributed by atoms with Crippen LogP contribution in [0.1, 0.15) is 11.1 Å². The van der Waals surface area contributed by atoms with Crippen LogP contribution < -0.4 is 9.64 Å². The molecule has 2 aromatic rings. The van der Waals surface area contributed by atoms with Crippen LogP contribution in [0.15, 0.2) is 41.4 Å². The third kappa shape index (κ3) is 3.36. The van der Waals surface area contributed by atoms with Gasteiger partial charge in [0.2, 0.25) is 10.0 Å². The Balaban J connectivity index is 1.78. The molecule has 0 N–H and O–H groups in total. The molecule has 26 heavy (non-hydrogen) atoms. The van der Waals surface area contributed by atoms with Crippen molar-refractivity contribution in [2.45, 2.75) is 11.8 Å². The van der Waals surface area contributed by atoms with Gasteiger partial charge >= 0.3 is 0 Å². The van der Waals surface area contributed by atoms with Gasteiger partial charge in [-0.05, 0) is 42.8 Å². The highest BCUT2D eigenvalue weighted by molar-refractivity contribution is 7.89. The molecule has 0 bridgehead atoms. The van der Waals surface area contributed by atoms with Crippen LogP contribution in [0.4, 0.5) is 5.82 Å². The van der Waals surface area contributed by atoms with Crippen molar-refractivity contribution >= 4 is 15.8 Å². The summed E-state index contributed by atoms with van der Waals surface area (Å²) in [6.45, 7) is 3.42. The molecular weight excluding hydrogens is 352 g/mol. The summed E-state index contributed by atoms with van der Waals surface area (Å²) < 4.78 is 32.6. The Morgan fingerprint density at radius 2 is 1.92 bits per heavy atom. The number of ether oxygens (including phenoxy) is 1. The number of pyridine rings is 1. The molecule has 2 heterocycles. The molecule has 1 aliphatic heterocycles. The number of methoxy groups -OCH3 is 1. The quantitative estimate of drug-likeness (QED) is 0.813. The molecule has 0 radical (unpaired) electrons. The number of benzene rings is 1. The number of rotatable bonds is 4. The minimum absolute atomic E-state index is 0.294. The molecule has 0 aliphatic carbocycles. The molecule has 1 saturated heterocycles. The standard InChI is InChI=1S/C18H20N4O3S/c1-14-12-16(25-2)5-6-17(14)26(23,24)22-10-8-21(9-11-22)18-15(13-19)4-3-7-20-18/h3-7,12H,8-11H2,1-2H3. The Kier molecular flexibility index (Phi) is 5.11. The van der Waals surface area contributed by atoms with Crippen molar-refractivity contribution < 1.29 is 13.2 Å². The van der Waals surface area contributed by atoms with Gasteiger partial charge in [0.25, 0.3) is 0 Å². The second-order valence-corrected chi connectivity index (χ2v) is 7.92. The summed E-state index contributed by atoms with van der Waals surface area (Å²) in [5, 5.41) is 9.22. The van der Waals surface area contributed by atoms with Crippen molar-refractivity contribution in [3.05, 3.63) is 47.7 Å². The second kappa shape index (κ2) is 7.32. The molecule has 8 heteroatoms. The van der Waals surface area contributed by atoms with Crippen molar-refractivity contribution in [1.82, 2.24) is 9.29 Å². The molecule has 1 fully saturated rings. The van der Waals surface area contributed by atoms with Crippen molar-refractivity contribution in [1.29, 1.82) is 5.26 Å². The molecule has 7 nitrogen and oxygen atoms in total. The number of sulfonamides is 1. The van der Waals surface area contributed by atoms with Crippen LogP contribution in [0, 0.1) is 18.3 Å². The van der Waals surface area contributed by atoms with Gasteiger partial charge in [-0.25, -0.2) is 13.4 Å². The first-order valence-corrected chi connectivity index (χ1v) is 9.66. The lowest BCUT2D eigenvalue weighted by Crippen LogP contribution is -2.49. The summed E-state index contributed by atoms with van der Waals surface area (Å²) in [5.74, 6) is 1.23. The molecule has 0 saturated carbocycles. The molecule has 3 rings (SSSR count). The van der Waals surface area contributed by atoms with E-state index in [1.54, 1.807) is 50.6 Å². The van der Waals surface area contributed by atoms with Crippen LogP contribution >= 0.6 is 0 Å². The van der Waals surface area contributed by atoms with Crippen LogP contribution in [0.5, 0.6) is 5.75 Å². The molecule has 0 unspecified atom stereocenters. The monoisotopic (exact) mass is 372 g/mol. The number of piperazine rings is 1. The van der Waals surface area contributed by atoms with E-state index < -0.39 is 10.0 Å². The number of hydrogen-bond acceptors (Lipinski definition) is 6. The number of aryl methyl sites for hydroxylation is 1. The second-order valence-electron chi connectivity index (χ2n) is 6.01. The first-order valence-electron chi connectivity index (χ1n) is 8.22. The van der Waals surface area contributed by atoms with Crippen molar-refractivity contribution in [3.63, 3.8) is 0 Å². The Hall–Kier alpha value is -2.63. The number of anilines is 1. The van der Waals surface area contributed by atoms with Crippen molar-refractivity contribution in [2.75, 3.05) is 38.2 Å². The summed E-state index contributed by atoms with van der Waals surface area (Å²) in [7, 11) is -2.02. The zero-order valence-electron chi connectivity index (χ0n) is 14.7. The van der Waals surface area contributed by atoms with Crippen molar-refractivity contribution in [3.8, 4) is 11.8 Å². The Morgan fingerprint density at radius 3 is 2.54 bits per heavy atom. The number of hydrogen-bond donors (Lipinski definition) is 0. The lowest BCUT2D eigenvalue weighted by atomic mass is 10.2. The summed E-state index contributed by atoms with van der Waals surface area (Å²) in [6, 6.07) is 10.5. The van der Waals surface area contributed by atoms with Gasteiger partial charge in [0.05, 0.1) is 17.6 Å². The number of nitrogens with zero attached hydrogens (tertiary/aromatic N) is 4. The van der Waals surface area contributed by atoms with Gasteiger partial charge in [-0.1, -0.05) is 0 Å². The minimum atomic E-state index is -3.57. The maximum atomic E-state index is 13.0. The fraction of sp³-hybridized carbons (Fsp3) is 0.333. The molecule has 0 spiro atoms. The molecule has 1 aliphatic rings. The fourth-order valence-corrected chi connectivity index (χ4v) is 4.68. The van der Waals surface area contributed by atoms with E-state index in [4.69, 9.17) is 4.74 Å². The first-order chi connectivity index (χ1) is 12.5. The summed E-state index contributed by atoms with van der Waals surface area (Å²) in [5.41, 5.74) is 1.15. The number of aromatic nitrogens is 1. The van der Waals surface area contributed by atoms with E-state index in [9.17, 15) is 13.7 Å². The highest BCUT2D eigenvalue weighted by atomic mass is 32.2. The molecule has 1 aromatic carbocycles. The Bertz CT molecular complexity index is 945. The van der Waals surface area contributed by atoms with E-state index in [0.29, 0.717) is 53.8 Å². The summed E-state index contributed by atoms with van der Waals surface area (Å²) in [4.78, 5) is 6.52. The van der Waals surface area contributed by atoms with Crippen LogP contribution in [-0.4, -0.2) is 51.0 Å². The van der Waals surface area contributed by atoms with Crippen LogP contribution in [0.2, 0.25) is 0 Å². The topological polar surface area (TPSA) is 86.5 Å². The lowest BCUT2D eigenvalue weighted by molar-refractivity contribution is 0.383. The minimum Gasteiger partial charge on any atom is -0.497 e. The normalized spacial score (nSPS) is 15.5. The Labute approximate surface area is 153 Å². The predicted octanol–water partition coefficient (Wildman–Crippen LogP) is 1.78. The molecular formula is C18H20N4O3S. The lowest BCUT2D eigenvalue weighted by Gasteiger charge is -2.35. The van der Waals surface area contributed by atoms with E-state index in [-0.39, 0.29) is 0 Å². The predicted molar refractivity (Wildman–Crippen MR) is 97.7 cm³/mol. The van der Waals surface area contributed by atoms with E-state index in [1.165, 1.54) is 4.31 Å². The van der Waals surface area contributed by atoms with E-state index in [0.717, 1.165) is 0 Å². The average molecular weight is 372 g/mol. The maximum Gasteiger partial charge on any atom is 0.243 e. The number of nitriles is 1. The van der Waals surface area contributed by atoms with Crippen LogP contribution in [-0.2, 0) is 10.0 Å². The third-order valence-corrected chi connectivity index (χ3v) is 6.50. The third-order valence-electron chi connectivity index (χ3n) is 4.45. The van der Waals surface area contributed by atoms with E-state index in [2.05, 4.69) is 11.1 Å². The zero-order valence-corrected chi connectivity index (χ0v) is 15.5. The van der Waals surface area contributed by atoms with Gasteiger partial charge < -0.3 is 9.64 Å². The van der Waals surface area contributed by atoms with Crippen LogP contribution in [0.25, 0.3) is 0 Å². The summed E-state index contributed by atoms with van der Waals surface area (Å²) in [6.07, 6.45) is 1.64. The fourth-order valence-electron chi connectivity index (χ4n) is 3.05. The zero-order chi connectivity index (χ0) is 18.7. The molecule has 136 valence electrons. The molecule has 0 atom stereocenters. The Morgan fingerprint density at radius 1 is 1.19 bits per heavy atom. The van der Waals surface area contributed by atoms with Gasteiger partial charge in [0.1, 0.15) is 17.6 Å². The average Bonchev–Trinajstić information content (AvgIpc) is 2.67. The SMILES string of the molecule is COc1ccc(S(=O)(=O)N2CCN(c3ncccc3C#N)CC2)c(C)c1. The highest BCUT2D eigenvalue weighted by Gasteiger charge is 2.30. The van der Waals surface area contributed by atoms with Gasteiger partial charge in [0.15, 0.2) is 0 Å². The largest absolute Gasteiger partial charge is 0.497 e. The highest BCUT2D eigenvalue weighted by Crippen LogP contribution is 2.26. The summed E-state index contributed by atoms with van der Waals surface area (Å²) >= 11 is 0.